The normalized spacial score (nSPS) is 20.2. The van der Waals surface area contributed by atoms with E-state index in [2.05, 4.69) is 33.8 Å². The van der Waals surface area contributed by atoms with Crippen LogP contribution >= 0.6 is 0 Å². The molecule has 1 aliphatic rings. The summed E-state index contributed by atoms with van der Waals surface area (Å²) in [5.74, 6) is 0.662. The van der Waals surface area contributed by atoms with Crippen LogP contribution in [0.1, 0.15) is 79.1 Å². The summed E-state index contributed by atoms with van der Waals surface area (Å²) in [4.78, 5) is 11.6. The van der Waals surface area contributed by atoms with Gasteiger partial charge in [-0.1, -0.05) is 38.2 Å². The third kappa shape index (κ3) is 6.36. The van der Waals surface area contributed by atoms with E-state index in [1.54, 1.807) is 18.4 Å². The first-order chi connectivity index (χ1) is 16.9. The van der Waals surface area contributed by atoms with Gasteiger partial charge in [-0.2, -0.15) is 0 Å². The van der Waals surface area contributed by atoms with Gasteiger partial charge in [-0.15, -0.1) is 0 Å². The minimum absolute atomic E-state index is 0.0823. The van der Waals surface area contributed by atoms with Gasteiger partial charge in [-0.05, 0) is 64.7 Å². The lowest BCUT2D eigenvalue weighted by atomic mass is 9.96. The first kappa shape index (κ1) is 25.5. The Morgan fingerprint density at radius 3 is 2.69 bits per heavy atom. The summed E-state index contributed by atoms with van der Waals surface area (Å²) in [7, 11) is 0. The zero-order chi connectivity index (χ0) is 24.8. The largest absolute Gasteiger partial charge is 0.488 e. The maximum Gasteiger partial charge on any atom is 0.336 e. The van der Waals surface area contributed by atoms with E-state index < -0.39 is 5.63 Å². The SMILES string of the molecule is CCCCCCC[C@@H]1O[C@H](CCC(C)=CCOc2c3ccoc3cc3oc(=O)ccc23)C(C)(C)O1. The molecule has 0 spiro atoms. The molecule has 2 atom stereocenters. The summed E-state index contributed by atoms with van der Waals surface area (Å²) in [6.07, 6.45) is 12.8. The van der Waals surface area contributed by atoms with Gasteiger partial charge in [-0.25, -0.2) is 4.79 Å². The molecule has 0 aliphatic carbocycles. The molecular formula is C29H38O6. The van der Waals surface area contributed by atoms with Gasteiger partial charge in [0.1, 0.15) is 23.5 Å². The van der Waals surface area contributed by atoms with Crippen LogP contribution in [0.3, 0.4) is 0 Å². The molecule has 1 aliphatic heterocycles. The summed E-state index contributed by atoms with van der Waals surface area (Å²) < 4.78 is 29.5. The van der Waals surface area contributed by atoms with E-state index in [9.17, 15) is 4.79 Å². The number of fused-ring (bicyclic) bond motifs is 2. The number of ether oxygens (including phenoxy) is 3. The Bertz CT molecular complexity index is 1200. The van der Waals surface area contributed by atoms with Gasteiger partial charge in [0.2, 0.25) is 0 Å². The van der Waals surface area contributed by atoms with Crippen LogP contribution in [0.2, 0.25) is 0 Å². The van der Waals surface area contributed by atoms with Crippen molar-refractivity contribution in [2.45, 2.75) is 97.1 Å². The lowest BCUT2D eigenvalue weighted by Gasteiger charge is -2.23. The Kier molecular flexibility index (Phi) is 8.34. The molecule has 6 nitrogen and oxygen atoms in total. The molecule has 0 saturated carbocycles. The summed E-state index contributed by atoms with van der Waals surface area (Å²) >= 11 is 0. The molecule has 1 fully saturated rings. The second-order valence-corrected chi connectivity index (χ2v) is 10.1. The first-order valence-electron chi connectivity index (χ1n) is 12.9. The highest BCUT2D eigenvalue weighted by molar-refractivity contribution is 6.01. The second kappa shape index (κ2) is 11.4. The quantitative estimate of drug-likeness (QED) is 0.151. The highest BCUT2D eigenvalue weighted by Gasteiger charge is 2.41. The van der Waals surface area contributed by atoms with E-state index in [1.165, 1.54) is 37.3 Å². The Morgan fingerprint density at radius 2 is 1.86 bits per heavy atom. The zero-order valence-electron chi connectivity index (χ0n) is 21.4. The monoisotopic (exact) mass is 482 g/mol. The number of benzene rings is 1. The van der Waals surface area contributed by atoms with Crippen LogP contribution in [0.4, 0.5) is 0 Å². The van der Waals surface area contributed by atoms with Crippen LogP contribution < -0.4 is 10.4 Å². The van der Waals surface area contributed by atoms with Crippen molar-refractivity contribution in [3.8, 4) is 5.75 Å². The summed E-state index contributed by atoms with van der Waals surface area (Å²) in [6.45, 7) is 9.03. The average Bonchev–Trinajstić information content (AvgIpc) is 3.39. The molecule has 0 amide bonds. The van der Waals surface area contributed by atoms with Crippen molar-refractivity contribution in [3.05, 3.63) is 52.6 Å². The number of unbranched alkanes of at least 4 members (excludes halogenated alkanes) is 4. The van der Waals surface area contributed by atoms with E-state index in [0.29, 0.717) is 23.5 Å². The van der Waals surface area contributed by atoms with E-state index in [4.69, 9.17) is 23.0 Å². The van der Waals surface area contributed by atoms with Crippen LogP contribution in [0.5, 0.6) is 5.75 Å². The summed E-state index contributed by atoms with van der Waals surface area (Å²) in [5.41, 5.74) is 1.65. The maximum absolute atomic E-state index is 11.6. The van der Waals surface area contributed by atoms with Crippen LogP contribution in [-0.4, -0.2) is 24.6 Å². The molecule has 0 unspecified atom stereocenters. The van der Waals surface area contributed by atoms with Crippen LogP contribution in [-0.2, 0) is 9.47 Å². The minimum Gasteiger partial charge on any atom is -0.488 e. The molecule has 3 aromatic rings. The van der Waals surface area contributed by atoms with E-state index in [0.717, 1.165) is 36.5 Å². The Balaban J connectivity index is 1.31. The predicted octanol–water partition coefficient (Wildman–Crippen LogP) is 7.53. The van der Waals surface area contributed by atoms with Crippen molar-refractivity contribution in [3.63, 3.8) is 0 Å². The Morgan fingerprint density at radius 1 is 1.06 bits per heavy atom. The molecule has 3 heterocycles. The highest BCUT2D eigenvalue weighted by Crippen LogP contribution is 2.36. The number of furan rings is 1. The lowest BCUT2D eigenvalue weighted by Crippen LogP contribution is -2.32. The molecule has 1 saturated heterocycles. The third-order valence-electron chi connectivity index (χ3n) is 6.84. The Hall–Kier alpha value is -2.57. The van der Waals surface area contributed by atoms with Gasteiger partial charge in [0, 0.05) is 12.1 Å². The fourth-order valence-corrected chi connectivity index (χ4v) is 4.74. The van der Waals surface area contributed by atoms with Gasteiger partial charge in [-0.3, -0.25) is 0 Å². The van der Waals surface area contributed by atoms with Crippen LogP contribution in [0.15, 0.2) is 55.8 Å². The minimum atomic E-state index is -0.398. The molecule has 1 aromatic carbocycles. The van der Waals surface area contributed by atoms with Crippen molar-refractivity contribution < 1.29 is 23.0 Å². The topological polar surface area (TPSA) is 71.0 Å². The zero-order valence-corrected chi connectivity index (χ0v) is 21.4. The van der Waals surface area contributed by atoms with Gasteiger partial charge in [0.25, 0.3) is 0 Å². The predicted molar refractivity (Wildman–Crippen MR) is 138 cm³/mol. The molecule has 2 aromatic heterocycles. The fourth-order valence-electron chi connectivity index (χ4n) is 4.74. The van der Waals surface area contributed by atoms with Crippen molar-refractivity contribution in [2.75, 3.05) is 6.61 Å². The maximum atomic E-state index is 11.6. The standard InChI is InChI=1S/C29H38O6/c1-5-6-7-8-9-10-27-34-25(29(3,4)35-27)13-11-20(2)15-17-32-28-21-12-14-26(30)33-24(21)19-23-22(28)16-18-31-23/h12,14-16,18-19,25,27H,5-11,13,17H2,1-4H3/t25-,27-/m1/s1. The molecule has 4 rings (SSSR count). The number of hydrogen-bond acceptors (Lipinski definition) is 6. The molecule has 0 radical (unpaired) electrons. The van der Waals surface area contributed by atoms with Gasteiger partial charge < -0.3 is 23.0 Å². The van der Waals surface area contributed by atoms with Gasteiger partial charge in [0.05, 0.1) is 28.7 Å². The molecule has 190 valence electrons. The third-order valence-corrected chi connectivity index (χ3v) is 6.84. The second-order valence-electron chi connectivity index (χ2n) is 10.1. The van der Waals surface area contributed by atoms with E-state index >= 15 is 0 Å². The van der Waals surface area contributed by atoms with Crippen molar-refractivity contribution in [1.82, 2.24) is 0 Å². The van der Waals surface area contributed by atoms with Crippen molar-refractivity contribution >= 4 is 21.9 Å². The summed E-state index contributed by atoms with van der Waals surface area (Å²) in [5, 5.41) is 1.61. The van der Waals surface area contributed by atoms with Crippen molar-refractivity contribution in [1.29, 1.82) is 0 Å². The smallest absolute Gasteiger partial charge is 0.336 e. The fraction of sp³-hybridized carbons (Fsp3) is 0.552. The van der Waals surface area contributed by atoms with E-state index in [-0.39, 0.29) is 18.0 Å². The molecule has 6 heteroatoms. The average molecular weight is 483 g/mol. The molecule has 35 heavy (non-hydrogen) atoms. The molecular weight excluding hydrogens is 444 g/mol. The number of hydrogen-bond donors (Lipinski definition) is 0. The molecule has 0 bridgehead atoms. The lowest BCUT2D eigenvalue weighted by molar-refractivity contribution is -0.0858. The Labute approximate surface area is 207 Å². The van der Waals surface area contributed by atoms with Crippen LogP contribution in [0, 0.1) is 0 Å². The first-order valence-corrected chi connectivity index (χ1v) is 12.9. The van der Waals surface area contributed by atoms with Crippen LogP contribution in [0.25, 0.3) is 21.9 Å². The summed E-state index contributed by atoms with van der Waals surface area (Å²) in [6, 6.07) is 6.74. The van der Waals surface area contributed by atoms with E-state index in [1.807, 2.05) is 6.07 Å². The highest BCUT2D eigenvalue weighted by atomic mass is 16.7. The number of rotatable bonds is 12. The van der Waals surface area contributed by atoms with Crippen molar-refractivity contribution in [2.24, 2.45) is 0 Å². The number of allylic oxidation sites excluding steroid dienone is 1. The molecule has 0 N–H and O–H groups in total. The van der Waals surface area contributed by atoms with Gasteiger partial charge >= 0.3 is 5.63 Å². The van der Waals surface area contributed by atoms with Gasteiger partial charge in [0.15, 0.2) is 6.29 Å².